The predicted molar refractivity (Wildman–Crippen MR) is 41.0 cm³/mol. The Bertz CT molecular complexity index is 70.8. The number of hydrogen-bond donors (Lipinski definition) is 0. The van der Waals surface area contributed by atoms with Crippen LogP contribution in [0.1, 0.15) is 6.92 Å². The van der Waals surface area contributed by atoms with E-state index >= 15 is 0 Å². The summed E-state index contributed by atoms with van der Waals surface area (Å²) in [5, 5.41) is 0. The second kappa shape index (κ2) is 2.98. The molecule has 1 atom stereocenters. The van der Waals surface area contributed by atoms with Gasteiger partial charge in [-0.2, -0.15) is 0 Å². The van der Waals surface area contributed by atoms with E-state index in [9.17, 15) is 0 Å². The van der Waals surface area contributed by atoms with Crippen molar-refractivity contribution in [2.45, 2.75) is 13.0 Å². The van der Waals surface area contributed by atoms with Crippen LogP contribution in [0.5, 0.6) is 0 Å². The fourth-order valence-corrected chi connectivity index (χ4v) is 1.53. The van der Waals surface area contributed by atoms with Crippen molar-refractivity contribution in [3.8, 4) is 0 Å². The summed E-state index contributed by atoms with van der Waals surface area (Å²) in [6.07, 6.45) is 0.431. The SMILES string of the molecule is C[C@@H]1CN(I)CCO1. The Kier molecular flexibility index (Phi) is 2.52. The maximum Gasteiger partial charge on any atom is 0.0682 e. The van der Waals surface area contributed by atoms with Gasteiger partial charge in [0.1, 0.15) is 0 Å². The highest BCUT2D eigenvalue weighted by Gasteiger charge is 2.12. The van der Waals surface area contributed by atoms with Gasteiger partial charge in [0.2, 0.25) is 0 Å². The van der Waals surface area contributed by atoms with E-state index in [1.165, 1.54) is 0 Å². The molecule has 0 aromatic rings. The molecule has 0 aromatic carbocycles. The zero-order chi connectivity index (χ0) is 5.98. The molecule has 0 unspecified atom stereocenters. The fraction of sp³-hybridized carbons (Fsp3) is 1.00. The van der Waals surface area contributed by atoms with Gasteiger partial charge in [0.25, 0.3) is 0 Å². The molecule has 2 nitrogen and oxygen atoms in total. The summed E-state index contributed by atoms with van der Waals surface area (Å²) >= 11 is 2.33. The lowest BCUT2D eigenvalue weighted by Crippen LogP contribution is -2.34. The van der Waals surface area contributed by atoms with Crippen LogP contribution in [-0.2, 0) is 4.74 Å². The van der Waals surface area contributed by atoms with E-state index < -0.39 is 0 Å². The van der Waals surface area contributed by atoms with Gasteiger partial charge in [-0.1, -0.05) is 0 Å². The van der Waals surface area contributed by atoms with Gasteiger partial charge in [-0.15, -0.1) is 0 Å². The molecule has 0 radical (unpaired) electrons. The van der Waals surface area contributed by atoms with Gasteiger partial charge in [-0.05, 0) is 6.92 Å². The summed E-state index contributed by atoms with van der Waals surface area (Å²) < 4.78 is 7.56. The maximum atomic E-state index is 5.30. The van der Waals surface area contributed by atoms with E-state index in [1.807, 2.05) is 0 Å². The molecular weight excluding hydrogens is 217 g/mol. The van der Waals surface area contributed by atoms with Gasteiger partial charge in [0.15, 0.2) is 0 Å². The standard InChI is InChI=1S/C5H10INO/c1-5-4-7(6)2-3-8-5/h5H,2-4H2,1H3/t5-/m1/s1. The highest BCUT2D eigenvalue weighted by Crippen LogP contribution is 2.07. The molecule has 0 spiro atoms. The van der Waals surface area contributed by atoms with Crippen molar-refractivity contribution in [2.24, 2.45) is 0 Å². The van der Waals surface area contributed by atoms with Crippen LogP contribution in [0.2, 0.25) is 0 Å². The molecule has 0 bridgehead atoms. The summed E-state index contributed by atoms with van der Waals surface area (Å²) in [5.41, 5.74) is 0. The molecule has 0 aromatic heterocycles. The van der Waals surface area contributed by atoms with Gasteiger partial charge in [-0.25, -0.2) is 3.11 Å². The van der Waals surface area contributed by atoms with Gasteiger partial charge >= 0.3 is 0 Å². The zero-order valence-corrected chi connectivity index (χ0v) is 7.09. The number of halogens is 1. The van der Waals surface area contributed by atoms with Crippen LogP contribution in [0.4, 0.5) is 0 Å². The average Bonchev–Trinajstić information content (AvgIpc) is 1.64. The number of nitrogens with zero attached hydrogens (tertiary/aromatic N) is 1. The van der Waals surface area contributed by atoms with Crippen LogP contribution in [-0.4, -0.2) is 28.9 Å². The van der Waals surface area contributed by atoms with Crippen molar-refractivity contribution >= 4 is 22.9 Å². The third kappa shape index (κ3) is 1.87. The lowest BCUT2D eigenvalue weighted by atomic mass is 10.3. The molecule has 1 saturated heterocycles. The fourth-order valence-electron chi connectivity index (χ4n) is 0.776. The third-order valence-corrected chi connectivity index (χ3v) is 2.07. The molecule has 1 aliphatic heterocycles. The zero-order valence-electron chi connectivity index (χ0n) is 4.93. The van der Waals surface area contributed by atoms with E-state index in [0.29, 0.717) is 6.10 Å². The van der Waals surface area contributed by atoms with Gasteiger partial charge < -0.3 is 4.74 Å². The second-order valence-corrected chi connectivity index (χ2v) is 3.41. The Morgan fingerprint density at radius 3 is 2.88 bits per heavy atom. The summed E-state index contributed by atoms with van der Waals surface area (Å²) in [6.45, 7) is 5.14. The Labute approximate surface area is 63.7 Å². The van der Waals surface area contributed by atoms with E-state index in [-0.39, 0.29) is 0 Å². The van der Waals surface area contributed by atoms with Crippen LogP contribution in [0.3, 0.4) is 0 Å². The molecule has 1 heterocycles. The van der Waals surface area contributed by atoms with Gasteiger partial charge in [-0.3, -0.25) is 0 Å². The summed E-state index contributed by atoms with van der Waals surface area (Å²) in [6, 6.07) is 0. The summed E-state index contributed by atoms with van der Waals surface area (Å²) in [4.78, 5) is 0. The Hall–Kier alpha value is 0.650. The normalized spacial score (nSPS) is 33.0. The van der Waals surface area contributed by atoms with Crippen LogP contribution < -0.4 is 0 Å². The van der Waals surface area contributed by atoms with Crippen LogP contribution in [0.15, 0.2) is 0 Å². The van der Waals surface area contributed by atoms with E-state index in [0.717, 1.165) is 19.7 Å². The quantitative estimate of drug-likeness (QED) is 0.453. The van der Waals surface area contributed by atoms with Crippen molar-refractivity contribution in [2.75, 3.05) is 19.7 Å². The minimum Gasteiger partial charge on any atom is -0.376 e. The van der Waals surface area contributed by atoms with Crippen molar-refractivity contribution in [1.29, 1.82) is 0 Å². The first kappa shape index (κ1) is 6.77. The minimum absolute atomic E-state index is 0.431. The monoisotopic (exact) mass is 227 g/mol. The molecule has 0 amide bonds. The molecule has 1 fully saturated rings. The molecular formula is C5H10INO. The number of rotatable bonds is 0. The molecule has 8 heavy (non-hydrogen) atoms. The van der Waals surface area contributed by atoms with Crippen molar-refractivity contribution in [3.05, 3.63) is 0 Å². The minimum atomic E-state index is 0.431. The first-order chi connectivity index (χ1) is 3.79. The molecule has 0 aliphatic carbocycles. The van der Waals surface area contributed by atoms with Gasteiger partial charge in [0, 0.05) is 36.0 Å². The largest absolute Gasteiger partial charge is 0.376 e. The van der Waals surface area contributed by atoms with Crippen molar-refractivity contribution in [1.82, 2.24) is 3.11 Å². The molecule has 3 heteroatoms. The predicted octanol–water partition coefficient (Wildman–Crippen LogP) is 1.06. The van der Waals surface area contributed by atoms with Crippen molar-refractivity contribution < 1.29 is 4.74 Å². The molecule has 0 N–H and O–H groups in total. The smallest absolute Gasteiger partial charge is 0.0682 e. The van der Waals surface area contributed by atoms with Crippen LogP contribution in [0, 0.1) is 0 Å². The van der Waals surface area contributed by atoms with Crippen LogP contribution >= 0.6 is 22.9 Å². The summed E-state index contributed by atoms with van der Waals surface area (Å²) in [7, 11) is 0. The third-order valence-electron chi connectivity index (χ3n) is 1.19. The lowest BCUT2D eigenvalue weighted by molar-refractivity contribution is 0.0187. The number of ether oxygens (including phenoxy) is 1. The molecule has 1 rings (SSSR count). The summed E-state index contributed by atoms with van der Waals surface area (Å²) in [5.74, 6) is 0. The number of morpholine rings is 1. The lowest BCUT2D eigenvalue weighted by Gasteiger charge is -2.25. The Morgan fingerprint density at radius 2 is 2.50 bits per heavy atom. The molecule has 0 saturated carbocycles. The number of hydrogen-bond acceptors (Lipinski definition) is 2. The average molecular weight is 227 g/mol. The topological polar surface area (TPSA) is 12.5 Å². The molecule has 1 aliphatic rings. The molecule has 48 valence electrons. The maximum absolute atomic E-state index is 5.30. The van der Waals surface area contributed by atoms with E-state index in [1.54, 1.807) is 0 Å². The highest BCUT2D eigenvalue weighted by atomic mass is 127. The highest BCUT2D eigenvalue weighted by molar-refractivity contribution is 14.1. The Balaban J connectivity index is 2.23. The van der Waals surface area contributed by atoms with Crippen molar-refractivity contribution in [3.63, 3.8) is 0 Å². The first-order valence-corrected chi connectivity index (χ1v) is 3.78. The van der Waals surface area contributed by atoms with E-state index in [2.05, 4.69) is 32.9 Å². The van der Waals surface area contributed by atoms with E-state index in [4.69, 9.17) is 4.74 Å². The van der Waals surface area contributed by atoms with Gasteiger partial charge in [0.05, 0.1) is 12.7 Å². The first-order valence-electron chi connectivity index (χ1n) is 2.81. The second-order valence-electron chi connectivity index (χ2n) is 2.05. The Morgan fingerprint density at radius 1 is 1.75 bits per heavy atom. The van der Waals surface area contributed by atoms with Crippen LogP contribution in [0.25, 0.3) is 0 Å².